The van der Waals surface area contributed by atoms with Gasteiger partial charge in [-0.15, -0.1) is 26.1 Å². The summed E-state index contributed by atoms with van der Waals surface area (Å²) in [5, 5.41) is 0. The van der Waals surface area contributed by atoms with Crippen molar-refractivity contribution in [1.82, 2.24) is 0 Å². The van der Waals surface area contributed by atoms with Gasteiger partial charge in [0.05, 0.1) is 9.93 Å². The molecular weight excluding hydrogens is 835 g/mol. The summed E-state index contributed by atoms with van der Waals surface area (Å²) in [6, 6.07) is 9.93. The van der Waals surface area contributed by atoms with E-state index in [1.807, 2.05) is 30.3 Å². The lowest BCUT2D eigenvalue weighted by atomic mass is 9.12. The summed E-state index contributed by atoms with van der Waals surface area (Å²) in [7, 11) is -1.63. The van der Waals surface area contributed by atoms with Gasteiger partial charge in [-0.2, -0.15) is 0 Å². The van der Waals surface area contributed by atoms with Crippen LogP contribution in [-0.4, -0.2) is 18.7 Å². The van der Waals surface area contributed by atoms with Crippen molar-refractivity contribution in [3.05, 3.63) is 152 Å². The predicted molar refractivity (Wildman–Crippen MR) is 159 cm³/mol. The largest absolute Gasteiger partial charge is 0.207 e. The SMILES string of the molecule is C[S+](C)(=O)Cc1ccccc1.Fc1c(F)c(F)c([B-](c2c(F)c(F)c(F)c(F)c2F)(c2c(F)c(F)c(F)c(F)c2F)c2c(F)c(F)c(F)c(F)c2F)c(F)c1F. The first-order valence-corrected chi connectivity index (χ1v) is 17.0. The van der Waals surface area contributed by atoms with Crippen LogP contribution in [0.4, 0.5) is 87.8 Å². The topological polar surface area (TPSA) is 17.1 Å². The molecule has 300 valence electrons. The van der Waals surface area contributed by atoms with Gasteiger partial charge in [0.2, 0.25) is 0 Å². The van der Waals surface area contributed by atoms with Crippen molar-refractivity contribution in [2.75, 3.05) is 12.5 Å². The summed E-state index contributed by atoms with van der Waals surface area (Å²) < 4.78 is 305. The Labute approximate surface area is 300 Å². The third-order valence-corrected chi connectivity index (χ3v) is 9.09. The molecular formula is C33H13BF20OS. The van der Waals surface area contributed by atoms with Crippen LogP contribution < -0.4 is 21.9 Å². The van der Waals surface area contributed by atoms with E-state index in [1.165, 1.54) is 0 Å². The average molecular weight is 848 g/mol. The van der Waals surface area contributed by atoms with E-state index >= 15 is 35.1 Å². The smallest absolute Gasteiger partial charge is 0.200 e. The predicted octanol–water partition coefficient (Wildman–Crippen LogP) is 7.79. The van der Waals surface area contributed by atoms with E-state index in [0.717, 1.165) is 5.56 Å². The van der Waals surface area contributed by atoms with Crippen molar-refractivity contribution in [2.45, 2.75) is 5.75 Å². The highest BCUT2D eigenvalue weighted by Crippen LogP contribution is 2.30. The summed E-state index contributed by atoms with van der Waals surface area (Å²) in [4.78, 5) is 0. The van der Waals surface area contributed by atoms with Gasteiger partial charge in [-0.25, -0.2) is 87.8 Å². The van der Waals surface area contributed by atoms with E-state index in [2.05, 4.69) is 0 Å². The number of benzene rings is 5. The molecule has 23 heteroatoms. The number of halogens is 20. The normalized spacial score (nSPS) is 11.9. The zero-order valence-electron chi connectivity index (χ0n) is 27.0. The Bertz CT molecular complexity index is 2070. The van der Waals surface area contributed by atoms with Crippen molar-refractivity contribution in [2.24, 2.45) is 0 Å². The minimum Gasteiger partial charge on any atom is -0.207 e. The molecule has 5 aromatic rings. The first-order chi connectivity index (χ1) is 25.8. The molecule has 56 heavy (non-hydrogen) atoms. The zero-order chi connectivity index (χ0) is 42.7. The van der Waals surface area contributed by atoms with E-state index in [4.69, 9.17) is 0 Å². The maximum absolute atomic E-state index is 15.4. The lowest BCUT2D eigenvalue weighted by molar-refractivity contribution is 0.378. The lowest BCUT2D eigenvalue weighted by Gasteiger charge is -2.44. The van der Waals surface area contributed by atoms with Crippen molar-refractivity contribution < 1.29 is 92.0 Å². The lowest BCUT2D eigenvalue weighted by Crippen LogP contribution is -2.81. The highest BCUT2D eigenvalue weighted by molar-refractivity contribution is 8.00. The molecule has 0 amide bonds. The van der Waals surface area contributed by atoms with Crippen LogP contribution in [0.2, 0.25) is 0 Å². The fourth-order valence-corrected chi connectivity index (χ4v) is 6.85. The zero-order valence-corrected chi connectivity index (χ0v) is 27.9. The minimum absolute atomic E-state index is 0.688. The Morgan fingerprint density at radius 2 is 0.518 bits per heavy atom. The second-order valence-electron chi connectivity index (χ2n) is 11.9. The molecule has 0 saturated heterocycles. The van der Waals surface area contributed by atoms with Crippen LogP contribution in [0.25, 0.3) is 0 Å². The maximum atomic E-state index is 15.4. The number of hydrogen-bond donors (Lipinski definition) is 0. The van der Waals surface area contributed by atoms with Gasteiger partial charge in [-0.3, -0.25) is 0 Å². The molecule has 0 atom stereocenters. The monoisotopic (exact) mass is 848 g/mol. The van der Waals surface area contributed by atoms with Crippen LogP contribution in [0.15, 0.2) is 30.3 Å². The summed E-state index contributed by atoms with van der Waals surface area (Å²) in [5.41, 5.74) is -13.2. The second kappa shape index (κ2) is 15.5. The van der Waals surface area contributed by atoms with Crippen LogP contribution >= 0.6 is 0 Å². The Hall–Kier alpha value is -5.09. The van der Waals surface area contributed by atoms with Crippen LogP contribution in [0.5, 0.6) is 0 Å². The van der Waals surface area contributed by atoms with Gasteiger partial charge in [-0.1, -0.05) is 30.3 Å². The molecule has 0 fully saturated rings. The summed E-state index contributed by atoms with van der Waals surface area (Å²) in [5.74, 6) is -70.7. The van der Waals surface area contributed by atoms with Gasteiger partial charge >= 0.3 is 0 Å². The highest BCUT2D eigenvalue weighted by Gasteiger charge is 2.52. The first-order valence-electron chi connectivity index (χ1n) is 14.5. The second-order valence-corrected chi connectivity index (χ2v) is 15.0. The quantitative estimate of drug-likeness (QED) is 0.0562. The van der Waals surface area contributed by atoms with Crippen LogP contribution in [0.1, 0.15) is 5.56 Å². The fourth-order valence-electron chi connectivity index (χ4n) is 5.85. The Morgan fingerprint density at radius 1 is 0.339 bits per heavy atom. The van der Waals surface area contributed by atoms with Gasteiger partial charge < -0.3 is 0 Å². The molecule has 5 rings (SSSR count). The number of rotatable bonds is 6. The van der Waals surface area contributed by atoms with Crippen LogP contribution in [0, 0.1) is 116 Å². The first kappa shape index (κ1) is 43.6. The van der Waals surface area contributed by atoms with Gasteiger partial charge in [0, 0.05) is 5.56 Å². The molecule has 0 aliphatic heterocycles. The van der Waals surface area contributed by atoms with Crippen molar-refractivity contribution in [1.29, 1.82) is 0 Å². The Balaban J connectivity index is 0.000000544. The molecule has 1 nitrogen and oxygen atoms in total. The van der Waals surface area contributed by atoms with Crippen molar-refractivity contribution in [3.63, 3.8) is 0 Å². The van der Waals surface area contributed by atoms with Gasteiger partial charge in [0.25, 0.3) is 0 Å². The van der Waals surface area contributed by atoms with E-state index in [9.17, 15) is 56.9 Å². The molecule has 0 aliphatic carbocycles. The molecule has 0 radical (unpaired) electrons. The van der Waals surface area contributed by atoms with E-state index in [0.29, 0.717) is 5.75 Å². The fraction of sp³-hybridized carbons (Fsp3) is 0.0909. The number of hydrogen-bond acceptors (Lipinski definition) is 1. The van der Waals surface area contributed by atoms with Crippen LogP contribution in [0.3, 0.4) is 0 Å². The third-order valence-electron chi connectivity index (χ3n) is 8.06. The molecule has 0 saturated carbocycles. The molecule has 0 spiro atoms. The van der Waals surface area contributed by atoms with Crippen molar-refractivity contribution in [3.8, 4) is 0 Å². The van der Waals surface area contributed by atoms with E-state index in [1.54, 1.807) is 12.5 Å². The molecule has 0 heterocycles. The molecule has 5 aromatic carbocycles. The molecule has 0 bridgehead atoms. The minimum atomic E-state index is -7.22. The maximum Gasteiger partial charge on any atom is 0.200 e. The van der Waals surface area contributed by atoms with E-state index in [-0.39, 0.29) is 0 Å². The molecule has 0 N–H and O–H groups in total. The Kier molecular flexibility index (Phi) is 12.0. The van der Waals surface area contributed by atoms with Gasteiger partial charge in [0.1, 0.15) is 70.9 Å². The van der Waals surface area contributed by atoms with Gasteiger partial charge in [-0.05, 0) is 0 Å². The third kappa shape index (κ3) is 6.86. The van der Waals surface area contributed by atoms with Crippen LogP contribution in [-0.2, 0) is 19.9 Å². The summed E-state index contributed by atoms with van der Waals surface area (Å²) in [6.45, 7) is 0. The molecule has 0 aliphatic rings. The summed E-state index contributed by atoms with van der Waals surface area (Å²) >= 11 is 0. The molecule has 0 aromatic heterocycles. The summed E-state index contributed by atoms with van der Waals surface area (Å²) in [6.07, 6.45) is -3.63. The van der Waals surface area contributed by atoms with Crippen molar-refractivity contribution >= 4 is 37.9 Å². The van der Waals surface area contributed by atoms with E-state index < -0.39 is 154 Å². The highest BCUT2D eigenvalue weighted by atomic mass is 32.2. The average Bonchev–Trinajstić information content (AvgIpc) is 3.14. The molecule has 0 unspecified atom stereocenters. The standard InChI is InChI=1S/C24BF20.C9H13OS/c26-5-1(6(27)14(35)21(42)13(5)34)25(2-7(28)15(36)22(43)16(37)8(2)29,3-9(30)17(38)23(44)18(39)10(3)31)4-11(32)19(40)24(45)20(41)12(4)33;1-11(2,10)8-9-6-4-3-5-7-9/h;3-7H,8H2,1-2H3/q-1;+1. The Morgan fingerprint density at radius 3 is 0.696 bits per heavy atom. The van der Waals surface area contributed by atoms with Gasteiger partial charge in [0.15, 0.2) is 69.8 Å².